The van der Waals surface area contributed by atoms with Crippen molar-refractivity contribution in [3.8, 4) is 5.75 Å². The van der Waals surface area contributed by atoms with Gasteiger partial charge in [-0.05, 0) is 48.4 Å². The Balaban J connectivity index is 1.81. The highest BCUT2D eigenvalue weighted by Crippen LogP contribution is 2.45. The van der Waals surface area contributed by atoms with Crippen molar-refractivity contribution in [2.24, 2.45) is 0 Å². The van der Waals surface area contributed by atoms with Crippen LogP contribution in [0.15, 0.2) is 18.2 Å². The van der Waals surface area contributed by atoms with Gasteiger partial charge in [0.25, 0.3) is 5.91 Å². The number of hydrogen-bond donors (Lipinski definition) is 1. The Hall–Kier alpha value is -2.87. The van der Waals surface area contributed by atoms with Crippen LogP contribution in [0.5, 0.6) is 5.75 Å². The van der Waals surface area contributed by atoms with Crippen molar-refractivity contribution in [2.45, 2.75) is 45.4 Å². The maximum Gasteiger partial charge on any atom is 0.341 e. The molecule has 3 rings (SSSR count). The third-order valence-corrected chi connectivity index (χ3v) is 6.49. The summed E-state index contributed by atoms with van der Waals surface area (Å²) in [5, 5.41) is 3.14. The molecule has 0 radical (unpaired) electrons. The second-order valence-corrected chi connectivity index (χ2v) is 8.89. The van der Waals surface area contributed by atoms with Crippen molar-refractivity contribution < 1.29 is 28.6 Å². The van der Waals surface area contributed by atoms with Gasteiger partial charge in [-0.25, -0.2) is 4.79 Å². The van der Waals surface area contributed by atoms with E-state index in [1.165, 1.54) is 25.6 Å². The monoisotopic (exact) mass is 445 g/mol. The van der Waals surface area contributed by atoms with Crippen LogP contribution in [0, 0.1) is 6.92 Å². The van der Waals surface area contributed by atoms with Crippen molar-refractivity contribution in [3.63, 3.8) is 0 Å². The fourth-order valence-corrected chi connectivity index (χ4v) is 5.07. The van der Waals surface area contributed by atoms with Gasteiger partial charge in [-0.3, -0.25) is 9.59 Å². The van der Waals surface area contributed by atoms with E-state index < -0.39 is 23.8 Å². The molecule has 0 saturated carbocycles. The maximum atomic E-state index is 12.6. The average molecular weight is 446 g/mol. The first-order chi connectivity index (χ1) is 14.8. The summed E-state index contributed by atoms with van der Waals surface area (Å²) in [5.74, 6) is -1.00. The molecule has 0 bridgehead atoms. The van der Waals surface area contributed by atoms with Crippen molar-refractivity contribution >= 4 is 34.2 Å². The fraction of sp³-hybridized carbons (Fsp3) is 0.435. The number of methoxy groups -OCH3 is 2. The van der Waals surface area contributed by atoms with Gasteiger partial charge in [-0.1, -0.05) is 26.0 Å². The molecule has 2 aromatic rings. The van der Waals surface area contributed by atoms with E-state index in [0.717, 1.165) is 16.0 Å². The Bertz CT molecular complexity index is 1010. The second kappa shape index (κ2) is 9.51. The highest BCUT2D eigenvalue weighted by molar-refractivity contribution is 7.17. The predicted octanol–water partition coefficient (Wildman–Crippen LogP) is 4.19. The van der Waals surface area contributed by atoms with E-state index in [9.17, 15) is 14.4 Å². The number of rotatable bonds is 7. The number of ether oxygens (including phenoxy) is 3. The Morgan fingerprint density at radius 1 is 1.19 bits per heavy atom. The van der Waals surface area contributed by atoms with Gasteiger partial charge in [0.2, 0.25) is 0 Å². The number of fused-ring (bicyclic) bond motifs is 1. The molecular formula is C23H27NO6S. The number of nitrogens with one attached hydrogen (secondary N) is 1. The molecule has 0 spiro atoms. The normalized spacial score (nSPS) is 14.8. The first-order valence-corrected chi connectivity index (χ1v) is 10.9. The standard InChI is InChI=1S/C23H27NO6S/c1-12(2)14-7-6-13(3)10-16(14)30-11-18(25)24-21-20(23(27)29-5)19-15(22(26)28-4)8-9-17(19)31-21/h6-7,10,12,15H,8-9,11H2,1-5H3,(H,24,25)/t15-/m0/s1. The van der Waals surface area contributed by atoms with E-state index in [0.29, 0.717) is 29.2 Å². The molecular weight excluding hydrogens is 418 g/mol. The lowest BCUT2D eigenvalue weighted by Crippen LogP contribution is -2.22. The lowest BCUT2D eigenvalue weighted by Gasteiger charge is -2.15. The number of aryl methyl sites for hydroxylation is 2. The van der Waals surface area contributed by atoms with Crippen LogP contribution in [0.3, 0.4) is 0 Å². The SMILES string of the molecule is COC(=O)c1c(NC(=O)COc2cc(C)ccc2C(C)C)sc2c1[C@@H](C(=O)OC)CC2. The van der Waals surface area contributed by atoms with Crippen molar-refractivity contribution in [1.29, 1.82) is 0 Å². The summed E-state index contributed by atoms with van der Waals surface area (Å²) >= 11 is 1.29. The van der Waals surface area contributed by atoms with E-state index in [4.69, 9.17) is 14.2 Å². The molecule has 1 N–H and O–H groups in total. The molecule has 1 aliphatic rings. The molecule has 0 saturated heterocycles. The summed E-state index contributed by atoms with van der Waals surface area (Å²) in [7, 11) is 2.59. The van der Waals surface area contributed by atoms with Crippen LogP contribution < -0.4 is 10.1 Å². The van der Waals surface area contributed by atoms with Crippen molar-refractivity contribution in [3.05, 3.63) is 45.3 Å². The second-order valence-electron chi connectivity index (χ2n) is 7.78. The number of carbonyl (C=O) groups is 3. The zero-order valence-electron chi connectivity index (χ0n) is 18.4. The van der Waals surface area contributed by atoms with Gasteiger partial charge in [0.05, 0.1) is 25.7 Å². The molecule has 1 aromatic heterocycles. The predicted molar refractivity (Wildman–Crippen MR) is 118 cm³/mol. The van der Waals surface area contributed by atoms with E-state index in [1.807, 2.05) is 25.1 Å². The third-order valence-electron chi connectivity index (χ3n) is 5.31. The molecule has 1 aliphatic carbocycles. The van der Waals surface area contributed by atoms with Crippen LogP contribution in [-0.4, -0.2) is 38.7 Å². The number of carbonyl (C=O) groups excluding carboxylic acids is 3. The zero-order chi connectivity index (χ0) is 22.7. The van der Waals surface area contributed by atoms with Gasteiger partial charge in [-0.2, -0.15) is 0 Å². The topological polar surface area (TPSA) is 90.9 Å². The molecule has 1 heterocycles. The molecule has 1 aromatic carbocycles. The van der Waals surface area contributed by atoms with Crippen LogP contribution in [0.1, 0.15) is 64.0 Å². The van der Waals surface area contributed by atoms with Crippen LogP contribution in [0.25, 0.3) is 0 Å². The zero-order valence-corrected chi connectivity index (χ0v) is 19.2. The van der Waals surface area contributed by atoms with Crippen LogP contribution in [0.4, 0.5) is 5.00 Å². The fourth-order valence-electron chi connectivity index (χ4n) is 3.79. The van der Waals surface area contributed by atoms with E-state index >= 15 is 0 Å². The lowest BCUT2D eigenvalue weighted by molar-refractivity contribution is -0.142. The third kappa shape index (κ3) is 4.74. The van der Waals surface area contributed by atoms with Gasteiger partial charge >= 0.3 is 11.9 Å². The molecule has 0 unspecified atom stereocenters. The number of thiophene rings is 1. The maximum absolute atomic E-state index is 12.6. The number of benzene rings is 1. The molecule has 31 heavy (non-hydrogen) atoms. The number of hydrogen-bond acceptors (Lipinski definition) is 7. The first kappa shape index (κ1) is 22.8. The first-order valence-electron chi connectivity index (χ1n) is 10.1. The van der Waals surface area contributed by atoms with E-state index in [1.54, 1.807) is 0 Å². The number of esters is 2. The summed E-state index contributed by atoms with van der Waals surface area (Å²) in [5.41, 5.74) is 2.88. The van der Waals surface area contributed by atoms with Crippen molar-refractivity contribution in [2.75, 3.05) is 26.1 Å². The van der Waals surface area contributed by atoms with Gasteiger partial charge in [0, 0.05) is 4.88 Å². The Labute approximate surface area is 185 Å². The van der Waals surface area contributed by atoms with Crippen LogP contribution in [-0.2, 0) is 25.5 Å². The summed E-state index contributed by atoms with van der Waals surface area (Å²) in [6.45, 7) is 5.88. The molecule has 0 fully saturated rings. The lowest BCUT2D eigenvalue weighted by atomic mass is 9.99. The molecule has 0 aliphatic heterocycles. The smallest absolute Gasteiger partial charge is 0.341 e. The van der Waals surface area contributed by atoms with Crippen LogP contribution >= 0.6 is 11.3 Å². The summed E-state index contributed by atoms with van der Waals surface area (Å²) < 4.78 is 15.6. The van der Waals surface area contributed by atoms with E-state index in [-0.39, 0.29) is 18.1 Å². The summed E-state index contributed by atoms with van der Waals surface area (Å²) in [6.07, 6.45) is 1.21. The Morgan fingerprint density at radius 2 is 1.94 bits per heavy atom. The van der Waals surface area contributed by atoms with Crippen LogP contribution in [0.2, 0.25) is 0 Å². The molecule has 1 amide bonds. The number of anilines is 1. The largest absolute Gasteiger partial charge is 0.483 e. The molecule has 166 valence electrons. The Morgan fingerprint density at radius 3 is 2.58 bits per heavy atom. The number of amides is 1. The average Bonchev–Trinajstić information content (AvgIpc) is 3.29. The highest BCUT2D eigenvalue weighted by Gasteiger charge is 2.38. The van der Waals surface area contributed by atoms with Gasteiger partial charge < -0.3 is 19.5 Å². The highest BCUT2D eigenvalue weighted by atomic mass is 32.1. The quantitative estimate of drug-likeness (QED) is 0.643. The van der Waals surface area contributed by atoms with Gasteiger partial charge in [0.1, 0.15) is 10.8 Å². The molecule has 1 atom stereocenters. The summed E-state index contributed by atoms with van der Waals surface area (Å²) in [4.78, 5) is 38.2. The molecule has 8 heteroatoms. The minimum Gasteiger partial charge on any atom is -0.483 e. The minimum atomic E-state index is -0.592. The minimum absolute atomic E-state index is 0.202. The molecule has 7 nitrogen and oxygen atoms in total. The van der Waals surface area contributed by atoms with E-state index in [2.05, 4.69) is 19.2 Å². The Kier molecular flexibility index (Phi) is 7.00. The van der Waals surface area contributed by atoms with Crippen molar-refractivity contribution in [1.82, 2.24) is 0 Å². The van der Waals surface area contributed by atoms with Gasteiger partial charge in [-0.15, -0.1) is 11.3 Å². The summed E-state index contributed by atoms with van der Waals surface area (Å²) in [6, 6.07) is 5.91. The van der Waals surface area contributed by atoms with Gasteiger partial charge in [0.15, 0.2) is 6.61 Å².